The fraction of sp³-hybridized carbons (Fsp3) is 0.0833. The van der Waals surface area contributed by atoms with Crippen LogP contribution in [-0.4, -0.2) is 15.9 Å². The first kappa shape index (κ1) is 12.8. The number of nitrogens with one attached hydrogen (secondary N) is 1. The van der Waals surface area contributed by atoms with E-state index in [4.69, 9.17) is 23.2 Å². The molecule has 0 fully saturated rings. The van der Waals surface area contributed by atoms with Crippen LogP contribution in [0.5, 0.6) is 0 Å². The van der Waals surface area contributed by atoms with Gasteiger partial charge >= 0.3 is 0 Å². The summed E-state index contributed by atoms with van der Waals surface area (Å²) in [6.45, 7) is 0.312. The predicted octanol–water partition coefficient (Wildman–Crippen LogP) is 2.71. The lowest BCUT2D eigenvalue weighted by Gasteiger charge is -2.05. The van der Waals surface area contributed by atoms with Crippen molar-refractivity contribution < 1.29 is 4.79 Å². The molecule has 1 aromatic heterocycles. The molecule has 0 unspecified atom stereocenters. The highest BCUT2D eigenvalue weighted by Gasteiger charge is 2.07. The van der Waals surface area contributed by atoms with E-state index in [2.05, 4.69) is 15.3 Å². The molecular weight excluding hydrogens is 273 g/mol. The van der Waals surface area contributed by atoms with Gasteiger partial charge in [-0.25, -0.2) is 0 Å². The summed E-state index contributed by atoms with van der Waals surface area (Å²) in [5.41, 5.74) is 1.14. The Morgan fingerprint density at radius 2 is 2.06 bits per heavy atom. The standard InChI is InChI=1S/C12H9Cl2N3O/c13-10-2-1-8(5-11(10)14)12(18)17-7-9-6-15-3-4-16-9/h1-6H,7H2,(H,17,18). The Kier molecular flexibility index (Phi) is 4.12. The highest BCUT2D eigenvalue weighted by atomic mass is 35.5. The number of halogens is 2. The average Bonchev–Trinajstić information content (AvgIpc) is 2.40. The van der Waals surface area contributed by atoms with Crippen molar-refractivity contribution >= 4 is 29.1 Å². The van der Waals surface area contributed by atoms with Crippen LogP contribution in [0, 0.1) is 0 Å². The van der Waals surface area contributed by atoms with Gasteiger partial charge in [-0.2, -0.15) is 0 Å². The Balaban J connectivity index is 2.02. The lowest BCUT2D eigenvalue weighted by atomic mass is 10.2. The molecule has 0 aliphatic heterocycles. The zero-order chi connectivity index (χ0) is 13.0. The minimum atomic E-state index is -0.237. The Morgan fingerprint density at radius 1 is 1.22 bits per heavy atom. The molecule has 1 heterocycles. The number of hydrogen-bond acceptors (Lipinski definition) is 3. The van der Waals surface area contributed by atoms with Crippen LogP contribution in [0.15, 0.2) is 36.8 Å². The van der Waals surface area contributed by atoms with Gasteiger partial charge in [-0.3, -0.25) is 14.8 Å². The van der Waals surface area contributed by atoms with Gasteiger partial charge in [0.05, 0.1) is 28.5 Å². The SMILES string of the molecule is O=C(NCc1cnccn1)c1ccc(Cl)c(Cl)c1. The molecule has 0 bridgehead atoms. The van der Waals surface area contributed by atoms with Gasteiger partial charge in [0.25, 0.3) is 5.91 Å². The van der Waals surface area contributed by atoms with Gasteiger partial charge in [-0.15, -0.1) is 0 Å². The normalized spacial score (nSPS) is 10.1. The van der Waals surface area contributed by atoms with Crippen molar-refractivity contribution in [3.05, 3.63) is 58.1 Å². The third kappa shape index (κ3) is 3.18. The molecule has 0 saturated carbocycles. The van der Waals surface area contributed by atoms with Crippen LogP contribution in [-0.2, 0) is 6.54 Å². The van der Waals surface area contributed by atoms with E-state index < -0.39 is 0 Å². The summed E-state index contributed by atoms with van der Waals surface area (Å²) >= 11 is 11.6. The summed E-state index contributed by atoms with van der Waals surface area (Å²) in [6.07, 6.45) is 4.74. The zero-order valence-electron chi connectivity index (χ0n) is 9.23. The molecule has 0 aliphatic rings. The van der Waals surface area contributed by atoms with Gasteiger partial charge in [-0.1, -0.05) is 23.2 Å². The van der Waals surface area contributed by atoms with Crippen molar-refractivity contribution in [2.24, 2.45) is 0 Å². The van der Waals surface area contributed by atoms with E-state index in [1.807, 2.05) is 0 Å². The Bertz CT molecular complexity index is 561. The quantitative estimate of drug-likeness (QED) is 0.941. The molecule has 0 aliphatic carbocycles. The molecule has 0 radical (unpaired) electrons. The van der Waals surface area contributed by atoms with Crippen molar-refractivity contribution in [1.29, 1.82) is 0 Å². The first-order valence-electron chi connectivity index (χ1n) is 5.15. The highest BCUT2D eigenvalue weighted by Crippen LogP contribution is 2.22. The lowest BCUT2D eigenvalue weighted by molar-refractivity contribution is 0.0950. The maximum atomic E-state index is 11.8. The van der Waals surface area contributed by atoms with E-state index in [-0.39, 0.29) is 5.91 Å². The highest BCUT2D eigenvalue weighted by molar-refractivity contribution is 6.42. The van der Waals surface area contributed by atoms with Crippen molar-refractivity contribution in [2.45, 2.75) is 6.54 Å². The van der Waals surface area contributed by atoms with Crippen molar-refractivity contribution in [3.8, 4) is 0 Å². The minimum Gasteiger partial charge on any atom is -0.346 e. The van der Waals surface area contributed by atoms with Crippen LogP contribution in [0.3, 0.4) is 0 Å². The molecular formula is C12H9Cl2N3O. The van der Waals surface area contributed by atoms with Crippen LogP contribution in [0.25, 0.3) is 0 Å². The molecule has 0 atom stereocenters. The molecule has 0 spiro atoms. The summed E-state index contributed by atoms with van der Waals surface area (Å²) < 4.78 is 0. The Labute approximate surface area is 114 Å². The molecule has 6 heteroatoms. The van der Waals surface area contributed by atoms with Crippen molar-refractivity contribution in [1.82, 2.24) is 15.3 Å². The molecule has 1 aromatic carbocycles. The van der Waals surface area contributed by atoms with E-state index in [1.54, 1.807) is 30.7 Å². The second-order valence-electron chi connectivity index (χ2n) is 3.51. The second kappa shape index (κ2) is 5.80. The largest absolute Gasteiger partial charge is 0.346 e. The fourth-order valence-corrected chi connectivity index (χ4v) is 1.63. The number of hydrogen-bond donors (Lipinski definition) is 1. The summed E-state index contributed by atoms with van der Waals surface area (Å²) in [7, 11) is 0. The van der Waals surface area contributed by atoms with Crippen LogP contribution >= 0.6 is 23.2 Å². The second-order valence-corrected chi connectivity index (χ2v) is 4.32. The predicted molar refractivity (Wildman–Crippen MR) is 69.7 cm³/mol. The fourth-order valence-electron chi connectivity index (χ4n) is 1.33. The number of aromatic nitrogens is 2. The number of carbonyl (C=O) groups is 1. The van der Waals surface area contributed by atoms with Gasteiger partial charge in [0.15, 0.2) is 0 Å². The van der Waals surface area contributed by atoms with E-state index >= 15 is 0 Å². The third-order valence-electron chi connectivity index (χ3n) is 2.23. The molecule has 92 valence electrons. The minimum absolute atomic E-state index is 0.237. The third-order valence-corrected chi connectivity index (χ3v) is 2.97. The van der Waals surface area contributed by atoms with Crippen LogP contribution in [0.1, 0.15) is 16.1 Å². The van der Waals surface area contributed by atoms with Crippen molar-refractivity contribution in [2.75, 3.05) is 0 Å². The summed E-state index contributed by atoms with van der Waals surface area (Å²) in [4.78, 5) is 19.8. The van der Waals surface area contributed by atoms with E-state index in [0.29, 0.717) is 27.8 Å². The maximum Gasteiger partial charge on any atom is 0.251 e. The zero-order valence-corrected chi connectivity index (χ0v) is 10.7. The molecule has 1 amide bonds. The Morgan fingerprint density at radius 3 is 2.72 bits per heavy atom. The van der Waals surface area contributed by atoms with E-state index in [1.165, 1.54) is 6.07 Å². The average molecular weight is 282 g/mol. The van der Waals surface area contributed by atoms with Crippen molar-refractivity contribution in [3.63, 3.8) is 0 Å². The monoisotopic (exact) mass is 281 g/mol. The summed E-state index contributed by atoms with van der Waals surface area (Å²) in [6, 6.07) is 4.72. The Hall–Kier alpha value is -1.65. The maximum absolute atomic E-state index is 11.8. The van der Waals surface area contributed by atoms with Gasteiger partial charge < -0.3 is 5.32 Å². The lowest BCUT2D eigenvalue weighted by Crippen LogP contribution is -2.23. The summed E-state index contributed by atoms with van der Waals surface area (Å²) in [5.74, 6) is -0.237. The van der Waals surface area contributed by atoms with Gasteiger partial charge in [0.1, 0.15) is 0 Å². The van der Waals surface area contributed by atoms with Gasteiger partial charge in [-0.05, 0) is 18.2 Å². The molecule has 18 heavy (non-hydrogen) atoms. The molecule has 2 aromatic rings. The van der Waals surface area contributed by atoms with Crippen LogP contribution < -0.4 is 5.32 Å². The number of carbonyl (C=O) groups excluding carboxylic acids is 1. The van der Waals surface area contributed by atoms with E-state index in [0.717, 1.165) is 0 Å². The van der Waals surface area contributed by atoms with E-state index in [9.17, 15) is 4.79 Å². The topological polar surface area (TPSA) is 54.9 Å². The smallest absolute Gasteiger partial charge is 0.251 e. The summed E-state index contributed by atoms with van der Waals surface area (Å²) in [5, 5.41) is 3.49. The van der Waals surface area contributed by atoms with Crippen LogP contribution in [0.4, 0.5) is 0 Å². The first-order valence-corrected chi connectivity index (χ1v) is 5.90. The number of amides is 1. The number of benzene rings is 1. The molecule has 2 rings (SSSR count). The molecule has 1 N–H and O–H groups in total. The number of nitrogens with zero attached hydrogens (tertiary/aromatic N) is 2. The van der Waals surface area contributed by atoms with Gasteiger partial charge in [0.2, 0.25) is 0 Å². The first-order chi connectivity index (χ1) is 8.66. The van der Waals surface area contributed by atoms with Gasteiger partial charge in [0, 0.05) is 18.0 Å². The van der Waals surface area contributed by atoms with Crippen LogP contribution in [0.2, 0.25) is 10.0 Å². The number of rotatable bonds is 3. The molecule has 4 nitrogen and oxygen atoms in total. The molecule has 0 saturated heterocycles.